The molecule has 2 aromatic heterocycles. The Labute approximate surface area is 188 Å². The van der Waals surface area contributed by atoms with E-state index in [1.54, 1.807) is 6.33 Å². The average Bonchev–Trinajstić information content (AvgIpc) is 2.85. The monoisotopic (exact) mass is 434 g/mol. The normalized spacial score (nSPS) is 22.7. The van der Waals surface area contributed by atoms with Crippen molar-refractivity contribution in [3.05, 3.63) is 43.0 Å². The molecule has 2 fully saturated rings. The molecule has 0 atom stereocenters. The number of nitrogens with one attached hydrogen (secondary N) is 2. The predicted octanol–water partition coefficient (Wildman–Crippen LogP) is 4.89. The van der Waals surface area contributed by atoms with Crippen LogP contribution in [0.2, 0.25) is 0 Å². The third kappa shape index (κ3) is 4.53. The maximum absolute atomic E-state index is 13.5. The van der Waals surface area contributed by atoms with Crippen LogP contribution in [-0.2, 0) is 0 Å². The molecule has 2 aliphatic rings. The van der Waals surface area contributed by atoms with Crippen LogP contribution in [0.3, 0.4) is 0 Å². The molecule has 7 heteroatoms. The van der Waals surface area contributed by atoms with E-state index in [2.05, 4.69) is 54.8 Å². The van der Waals surface area contributed by atoms with E-state index in [9.17, 15) is 4.39 Å². The van der Waals surface area contributed by atoms with Crippen LogP contribution in [0.15, 0.2) is 43.0 Å². The molecule has 1 aliphatic heterocycles. The zero-order chi connectivity index (χ0) is 21.9. The molecule has 3 aromatic rings. The summed E-state index contributed by atoms with van der Waals surface area (Å²) in [5, 5.41) is 7.88. The second-order valence-electron chi connectivity index (χ2n) is 9.03. The minimum absolute atomic E-state index is 0.404. The van der Waals surface area contributed by atoms with Gasteiger partial charge in [0.05, 0.1) is 11.2 Å². The fraction of sp³-hybridized carbons (Fsp3) is 0.480. The van der Waals surface area contributed by atoms with Crippen LogP contribution >= 0.6 is 0 Å². The topological polar surface area (TPSA) is 66.0 Å². The lowest BCUT2D eigenvalue weighted by atomic mass is 9.89. The Bertz CT molecular complexity index is 1060. The van der Waals surface area contributed by atoms with E-state index in [4.69, 9.17) is 0 Å². The van der Waals surface area contributed by atoms with E-state index in [1.807, 2.05) is 19.4 Å². The summed E-state index contributed by atoms with van der Waals surface area (Å²) in [6.45, 7) is 1.82. The number of pyridine rings is 1. The van der Waals surface area contributed by atoms with E-state index >= 15 is 0 Å². The van der Waals surface area contributed by atoms with Gasteiger partial charge in [-0.15, -0.1) is 0 Å². The fourth-order valence-electron chi connectivity index (χ4n) is 5.10. The molecule has 1 aliphatic carbocycles. The highest BCUT2D eigenvalue weighted by molar-refractivity contribution is 5.92. The van der Waals surface area contributed by atoms with Gasteiger partial charge in [0.2, 0.25) is 0 Å². The number of piperidine rings is 1. The molecule has 1 saturated carbocycles. The number of benzene rings is 1. The van der Waals surface area contributed by atoms with Gasteiger partial charge in [0.1, 0.15) is 18.3 Å². The van der Waals surface area contributed by atoms with E-state index < -0.39 is 6.17 Å². The number of aromatic nitrogens is 3. The summed E-state index contributed by atoms with van der Waals surface area (Å²) in [5.41, 5.74) is 4.08. The second-order valence-corrected chi connectivity index (χ2v) is 9.03. The van der Waals surface area contributed by atoms with E-state index in [1.165, 1.54) is 0 Å². The van der Waals surface area contributed by atoms with Gasteiger partial charge in [-0.3, -0.25) is 4.98 Å². The molecule has 1 saturated heterocycles. The summed E-state index contributed by atoms with van der Waals surface area (Å²) in [4.78, 5) is 15.9. The summed E-state index contributed by atoms with van der Waals surface area (Å²) in [5.74, 6) is 0.899. The Morgan fingerprint density at radius 2 is 1.75 bits per heavy atom. The van der Waals surface area contributed by atoms with Crippen LogP contribution in [0, 0.1) is 0 Å². The molecule has 0 radical (unpaired) electrons. The Balaban J connectivity index is 1.30. The van der Waals surface area contributed by atoms with Crippen LogP contribution in [0.1, 0.15) is 38.5 Å². The molecule has 0 bridgehead atoms. The van der Waals surface area contributed by atoms with Gasteiger partial charge in [-0.25, -0.2) is 14.4 Å². The van der Waals surface area contributed by atoms with Gasteiger partial charge < -0.3 is 15.5 Å². The molecular formula is C25H31FN6. The standard InChI is InChI=1S/C25H31FN6/c1-27-21-12-18(14-28-15-21)17-2-7-24-23(13-17)25(30-16-29-24)31-20-3-5-22(6-4-20)32-10-8-19(26)9-11-32/h2,7,12-16,19-20,22,27H,3-6,8-11H2,1H3,(H,29,30,31)/t20-,22-. The maximum atomic E-state index is 13.5. The first-order valence-electron chi connectivity index (χ1n) is 11.7. The number of halogens is 1. The quantitative estimate of drug-likeness (QED) is 0.596. The molecule has 3 heterocycles. The highest BCUT2D eigenvalue weighted by atomic mass is 19.1. The molecule has 168 valence electrons. The van der Waals surface area contributed by atoms with E-state index in [-0.39, 0.29) is 0 Å². The number of nitrogens with zero attached hydrogens (tertiary/aromatic N) is 4. The van der Waals surface area contributed by atoms with E-state index in [0.29, 0.717) is 24.9 Å². The van der Waals surface area contributed by atoms with Crippen LogP contribution in [0.25, 0.3) is 22.0 Å². The van der Waals surface area contributed by atoms with Crippen molar-refractivity contribution in [3.63, 3.8) is 0 Å². The summed E-state index contributed by atoms with van der Waals surface area (Å²) in [7, 11) is 1.90. The number of hydrogen-bond donors (Lipinski definition) is 2. The largest absolute Gasteiger partial charge is 0.387 e. The van der Waals surface area contributed by atoms with Crippen LogP contribution in [0.4, 0.5) is 15.9 Å². The minimum atomic E-state index is -0.600. The van der Waals surface area contributed by atoms with Crippen molar-refractivity contribution < 1.29 is 4.39 Å². The van der Waals surface area contributed by atoms with Crippen LogP contribution < -0.4 is 10.6 Å². The van der Waals surface area contributed by atoms with Crippen LogP contribution in [0.5, 0.6) is 0 Å². The van der Waals surface area contributed by atoms with Crippen molar-refractivity contribution in [1.29, 1.82) is 0 Å². The lowest BCUT2D eigenvalue weighted by molar-refractivity contribution is 0.0895. The molecular weight excluding hydrogens is 403 g/mol. The van der Waals surface area contributed by atoms with Crippen LogP contribution in [-0.4, -0.2) is 58.2 Å². The Kier molecular flexibility index (Phi) is 6.17. The number of hydrogen-bond acceptors (Lipinski definition) is 6. The van der Waals surface area contributed by atoms with Gasteiger partial charge in [0.25, 0.3) is 0 Å². The van der Waals surface area contributed by atoms with Crippen molar-refractivity contribution >= 4 is 22.4 Å². The van der Waals surface area contributed by atoms with Gasteiger partial charge in [-0.2, -0.15) is 0 Å². The first-order chi connectivity index (χ1) is 15.7. The third-order valence-corrected chi connectivity index (χ3v) is 7.01. The summed E-state index contributed by atoms with van der Waals surface area (Å²) in [6, 6.07) is 9.39. The first-order valence-corrected chi connectivity index (χ1v) is 11.7. The third-order valence-electron chi connectivity index (χ3n) is 7.01. The lowest BCUT2D eigenvalue weighted by Crippen LogP contribution is -2.45. The van der Waals surface area contributed by atoms with Gasteiger partial charge >= 0.3 is 0 Å². The molecule has 6 nitrogen and oxygen atoms in total. The second kappa shape index (κ2) is 9.36. The number of fused-ring (bicyclic) bond motifs is 1. The SMILES string of the molecule is CNc1cncc(-c2ccc3ncnc(N[C@H]4CC[C@H](N5CCC(F)CC5)CC4)c3c2)c1. The first kappa shape index (κ1) is 21.1. The number of alkyl halides is 1. The molecule has 0 amide bonds. The smallest absolute Gasteiger partial charge is 0.137 e. The van der Waals surface area contributed by atoms with Gasteiger partial charge in [0, 0.05) is 55.6 Å². The lowest BCUT2D eigenvalue weighted by Gasteiger charge is -2.39. The predicted molar refractivity (Wildman–Crippen MR) is 128 cm³/mol. The average molecular weight is 435 g/mol. The molecule has 0 unspecified atom stereocenters. The zero-order valence-electron chi connectivity index (χ0n) is 18.6. The fourth-order valence-corrected chi connectivity index (χ4v) is 5.10. The molecule has 2 N–H and O–H groups in total. The molecule has 0 spiro atoms. The number of rotatable bonds is 5. The van der Waals surface area contributed by atoms with Crippen molar-refractivity contribution in [2.45, 2.75) is 56.8 Å². The van der Waals surface area contributed by atoms with Crippen molar-refractivity contribution in [3.8, 4) is 11.1 Å². The number of likely N-dealkylation sites (tertiary alicyclic amines) is 1. The van der Waals surface area contributed by atoms with Gasteiger partial charge in [0.15, 0.2) is 0 Å². The van der Waals surface area contributed by atoms with Crippen molar-refractivity contribution in [2.24, 2.45) is 0 Å². The molecule has 1 aromatic carbocycles. The minimum Gasteiger partial charge on any atom is -0.387 e. The highest BCUT2D eigenvalue weighted by Gasteiger charge is 2.29. The molecule has 32 heavy (non-hydrogen) atoms. The summed E-state index contributed by atoms with van der Waals surface area (Å²) < 4.78 is 13.5. The Morgan fingerprint density at radius 1 is 0.938 bits per heavy atom. The number of anilines is 2. The van der Waals surface area contributed by atoms with Crippen molar-refractivity contribution in [1.82, 2.24) is 19.9 Å². The van der Waals surface area contributed by atoms with Gasteiger partial charge in [-0.05, 0) is 62.3 Å². The van der Waals surface area contributed by atoms with Crippen molar-refractivity contribution in [2.75, 3.05) is 30.8 Å². The summed E-state index contributed by atoms with van der Waals surface area (Å²) in [6.07, 6.45) is 10.7. The molecule has 5 rings (SSSR count). The highest BCUT2D eigenvalue weighted by Crippen LogP contribution is 2.31. The summed E-state index contributed by atoms with van der Waals surface area (Å²) >= 11 is 0. The Morgan fingerprint density at radius 3 is 2.53 bits per heavy atom. The maximum Gasteiger partial charge on any atom is 0.137 e. The van der Waals surface area contributed by atoms with Gasteiger partial charge in [-0.1, -0.05) is 6.07 Å². The Hall–Kier alpha value is -2.80. The van der Waals surface area contributed by atoms with E-state index in [0.717, 1.165) is 72.3 Å². The zero-order valence-corrected chi connectivity index (χ0v) is 18.6.